The number of esters is 1. The van der Waals surface area contributed by atoms with Gasteiger partial charge in [-0.25, -0.2) is 4.79 Å². The average Bonchev–Trinajstić information content (AvgIpc) is 3.79. The van der Waals surface area contributed by atoms with Crippen LogP contribution in [0.5, 0.6) is 0 Å². The molecule has 2 aliphatic heterocycles. The van der Waals surface area contributed by atoms with E-state index < -0.39 is 5.60 Å². The topological polar surface area (TPSA) is 66.5 Å². The Labute approximate surface area is 344 Å². The Kier molecular flexibility index (Phi) is 27.7. The summed E-state index contributed by atoms with van der Waals surface area (Å²) >= 11 is 0. The van der Waals surface area contributed by atoms with Crippen LogP contribution in [0.1, 0.15) is 193 Å². The van der Waals surface area contributed by atoms with E-state index in [-0.39, 0.29) is 17.2 Å². The second kappa shape index (κ2) is 25.5. The standard InChI is InChI=1S/C10H18O2.C10H20O.C9H18O.C8H16O.C6H12O.C6H12/c1-7(2)8(3)9(11)12-10(4,5)6;1-8(2)9(3)7-11-10(4,5)6;1-8(2,3)5-9(4)6-10-7-9;1-7(2)6-9-8(3,4)5;1-6(2,3)5-4-7-5;1-5-6(2,3)4/h1-6H3;7H2,1-6H3;5-7H2,1-4H3;6H,1-5H3;5H,4H2,1-3H3;5H,1H2,2-4H3. The van der Waals surface area contributed by atoms with Crippen LogP contribution in [0.2, 0.25) is 0 Å². The molecule has 55 heavy (non-hydrogen) atoms. The molecule has 0 radical (unpaired) electrons. The molecule has 6 heteroatoms. The van der Waals surface area contributed by atoms with Crippen LogP contribution in [-0.2, 0) is 28.5 Å². The summed E-state index contributed by atoms with van der Waals surface area (Å²) in [6, 6.07) is 0. The first kappa shape index (κ1) is 59.8. The number of ether oxygens (including phenoxy) is 5. The maximum atomic E-state index is 11.3. The van der Waals surface area contributed by atoms with Crippen LogP contribution in [-0.4, -0.2) is 55.3 Å². The molecule has 0 aromatic carbocycles. The third-order valence-electron chi connectivity index (χ3n) is 7.45. The molecule has 0 saturated carbocycles. The summed E-state index contributed by atoms with van der Waals surface area (Å²) in [6.45, 7) is 63.3. The highest BCUT2D eigenvalue weighted by Crippen LogP contribution is 2.38. The molecule has 0 bridgehead atoms. The van der Waals surface area contributed by atoms with Crippen molar-refractivity contribution in [2.45, 2.75) is 216 Å². The van der Waals surface area contributed by atoms with Crippen molar-refractivity contribution in [3.8, 4) is 0 Å². The van der Waals surface area contributed by atoms with E-state index in [1.165, 1.54) is 23.1 Å². The molecule has 0 aliphatic carbocycles. The summed E-state index contributed by atoms with van der Waals surface area (Å²) in [6.07, 6.45) is 5.56. The van der Waals surface area contributed by atoms with E-state index in [2.05, 4.69) is 117 Å². The first-order chi connectivity index (χ1) is 24.1. The highest BCUT2D eigenvalue weighted by Gasteiger charge is 2.37. The maximum absolute atomic E-state index is 11.3. The van der Waals surface area contributed by atoms with E-state index in [0.29, 0.717) is 33.3 Å². The van der Waals surface area contributed by atoms with Gasteiger partial charge in [-0.05, 0) is 152 Å². The molecule has 2 rings (SSSR count). The Morgan fingerprint density at radius 2 is 1.13 bits per heavy atom. The Balaban J connectivity index is -0.000000287. The molecular formula is C49H96O6. The van der Waals surface area contributed by atoms with Gasteiger partial charge in [-0.3, -0.25) is 0 Å². The largest absolute Gasteiger partial charge is 0.496 e. The van der Waals surface area contributed by atoms with Crippen molar-refractivity contribution in [1.29, 1.82) is 0 Å². The molecule has 0 amide bonds. The SMILES string of the molecule is C=CC(C)(C)C.CC(C)(C)C1CO1.CC(C)(C)CC1(C)COC1.CC(C)=C(C)C(=O)OC(C)(C)C.CC(C)=C(C)COC(C)(C)C.CC(C)=COC(C)(C)C. The summed E-state index contributed by atoms with van der Waals surface area (Å²) in [4.78, 5) is 11.3. The minimum atomic E-state index is -0.395. The third-order valence-corrected chi connectivity index (χ3v) is 7.45. The second-order valence-electron chi connectivity index (χ2n) is 22.5. The van der Waals surface area contributed by atoms with E-state index in [1.807, 2.05) is 75.3 Å². The van der Waals surface area contributed by atoms with Crippen molar-refractivity contribution in [2.24, 2.45) is 21.7 Å². The molecular weight excluding hydrogens is 685 g/mol. The highest BCUT2D eigenvalue weighted by molar-refractivity contribution is 5.88. The third kappa shape index (κ3) is 46.4. The lowest BCUT2D eigenvalue weighted by Gasteiger charge is -2.42. The first-order valence-electron chi connectivity index (χ1n) is 20.3. The molecule has 328 valence electrons. The van der Waals surface area contributed by atoms with Crippen LogP contribution in [0, 0.1) is 21.7 Å². The van der Waals surface area contributed by atoms with Crippen molar-refractivity contribution < 1.29 is 28.5 Å². The van der Waals surface area contributed by atoms with Gasteiger partial charge in [0.05, 0.1) is 50.0 Å². The van der Waals surface area contributed by atoms with Gasteiger partial charge in [-0.1, -0.05) is 86.5 Å². The summed E-state index contributed by atoms with van der Waals surface area (Å²) in [5, 5.41) is 0. The van der Waals surface area contributed by atoms with E-state index in [1.54, 1.807) is 13.2 Å². The Bertz CT molecular complexity index is 1150. The van der Waals surface area contributed by atoms with E-state index in [9.17, 15) is 4.79 Å². The second-order valence-corrected chi connectivity index (χ2v) is 22.5. The monoisotopic (exact) mass is 781 g/mol. The molecule has 1 atom stereocenters. The highest BCUT2D eigenvalue weighted by atomic mass is 16.6. The molecule has 0 aromatic rings. The molecule has 6 nitrogen and oxygen atoms in total. The van der Waals surface area contributed by atoms with Gasteiger partial charge in [0.1, 0.15) is 5.60 Å². The fraction of sp³-hybridized carbons (Fsp3) is 0.816. The minimum Gasteiger partial charge on any atom is -0.496 e. The average molecular weight is 781 g/mol. The molecule has 0 N–H and O–H groups in total. The number of rotatable bonds is 5. The van der Waals surface area contributed by atoms with Gasteiger partial charge in [0, 0.05) is 11.0 Å². The lowest BCUT2D eigenvalue weighted by molar-refractivity contribution is -0.149. The van der Waals surface area contributed by atoms with E-state index >= 15 is 0 Å². The summed E-state index contributed by atoms with van der Waals surface area (Å²) in [5.41, 5.74) is 6.77. The predicted octanol–water partition coefficient (Wildman–Crippen LogP) is 14.7. The Hall–Kier alpha value is -1.89. The van der Waals surface area contributed by atoms with Crippen LogP contribution in [0.15, 0.2) is 46.8 Å². The van der Waals surface area contributed by atoms with Crippen LogP contribution in [0.25, 0.3) is 0 Å². The van der Waals surface area contributed by atoms with Crippen LogP contribution >= 0.6 is 0 Å². The molecule has 1 unspecified atom stereocenters. The zero-order chi connectivity index (χ0) is 45.0. The van der Waals surface area contributed by atoms with Crippen molar-refractivity contribution in [3.63, 3.8) is 0 Å². The van der Waals surface area contributed by atoms with Crippen molar-refractivity contribution >= 4 is 5.97 Å². The van der Waals surface area contributed by atoms with Crippen LogP contribution < -0.4 is 0 Å². The fourth-order valence-electron chi connectivity index (χ4n) is 3.70. The quantitative estimate of drug-likeness (QED) is 0.0910. The van der Waals surface area contributed by atoms with Gasteiger partial charge >= 0.3 is 5.97 Å². The maximum Gasteiger partial charge on any atom is 0.334 e. The molecule has 2 saturated heterocycles. The summed E-state index contributed by atoms with van der Waals surface area (Å²) in [7, 11) is 0. The van der Waals surface area contributed by atoms with Gasteiger partial charge in [0.2, 0.25) is 0 Å². The summed E-state index contributed by atoms with van der Waals surface area (Å²) < 4.78 is 26.3. The fourth-order valence-corrected chi connectivity index (χ4v) is 3.70. The normalized spacial score (nSPS) is 15.9. The lowest BCUT2D eigenvalue weighted by atomic mass is 9.74. The van der Waals surface area contributed by atoms with Crippen LogP contribution in [0.4, 0.5) is 0 Å². The molecule has 0 spiro atoms. The number of allylic oxidation sites excluding steroid dienone is 4. The lowest BCUT2D eigenvalue weighted by Crippen LogP contribution is -2.42. The predicted molar refractivity (Wildman–Crippen MR) is 242 cm³/mol. The summed E-state index contributed by atoms with van der Waals surface area (Å²) in [5.74, 6) is -0.220. The number of epoxide rings is 1. The minimum absolute atomic E-state index is 0.0172. The van der Waals surface area contributed by atoms with Crippen molar-refractivity contribution in [3.05, 3.63) is 46.8 Å². The molecule has 2 aliphatic rings. The first-order valence-corrected chi connectivity index (χ1v) is 20.3. The Morgan fingerprint density at radius 3 is 1.27 bits per heavy atom. The van der Waals surface area contributed by atoms with Crippen LogP contribution in [0.3, 0.4) is 0 Å². The Morgan fingerprint density at radius 1 is 0.709 bits per heavy atom. The smallest absolute Gasteiger partial charge is 0.334 e. The number of hydrogen-bond donors (Lipinski definition) is 0. The van der Waals surface area contributed by atoms with Gasteiger partial charge < -0.3 is 23.7 Å². The van der Waals surface area contributed by atoms with Crippen molar-refractivity contribution in [1.82, 2.24) is 0 Å². The van der Waals surface area contributed by atoms with Gasteiger partial charge in [-0.15, -0.1) is 6.58 Å². The van der Waals surface area contributed by atoms with E-state index in [4.69, 9.17) is 23.7 Å². The molecule has 2 heterocycles. The number of hydrogen-bond acceptors (Lipinski definition) is 6. The number of carbonyl (C=O) groups is 1. The van der Waals surface area contributed by atoms with Gasteiger partial charge in [0.15, 0.2) is 0 Å². The van der Waals surface area contributed by atoms with E-state index in [0.717, 1.165) is 32.0 Å². The van der Waals surface area contributed by atoms with Crippen molar-refractivity contribution in [2.75, 3.05) is 26.4 Å². The number of carbonyl (C=O) groups excluding carboxylic acids is 1. The van der Waals surface area contributed by atoms with Gasteiger partial charge in [0.25, 0.3) is 0 Å². The molecule has 0 aromatic heterocycles. The molecule has 2 fully saturated rings. The zero-order valence-corrected chi connectivity index (χ0v) is 41.9. The van der Waals surface area contributed by atoms with Gasteiger partial charge in [-0.2, -0.15) is 0 Å². The zero-order valence-electron chi connectivity index (χ0n) is 41.9.